The zero-order chi connectivity index (χ0) is 22.0. The molecule has 1 aromatic carbocycles. The zero-order valence-corrected chi connectivity index (χ0v) is 16.1. The van der Waals surface area contributed by atoms with Gasteiger partial charge in [0.1, 0.15) is 18.8 Å². The van der Waals surface area contributed by atoms with Crippen LogP contribution < -0.4 is 16.9 Å². The van der Waals surface area contributed by atoms with Gasteiger partial charge < -0.3 is 24.7 Å². The summed E-state index contributed by atoms with van der Waals surface area (Å²) in [5.41, 5.74) is 7.81. The minimum Gasteiger partial charge on any atom is -0.462 e. The topological polar surface area (TPSA) is 164 Å². The number of hydrogen-bond donors (Lipinski definition) is 3. The smallest absolute Gasteiger partial charge is 0.462 e. The van der Waals surface area contributed by atoms with E-state index in [1.807, 2.05) is 30.3 Å². The van der Waals surface area contributed by atoms with Crippen LogP contribution in [-0.4, -0.2) is 57.8 Å². The molecule has 2 fully saturated rings. The standard InChI is InChI=1S/C19H20N4O8/c20-11(8-10-4-2-1-3-5-10)17(24)28-9-12-14-15(31-19(26)30-14)16(29-12)23-7-6-13(22-27)21-18(23)25/h1-7,11-12,14-16,27H,8-9,20H2,(H,21,22,25)/t11-,12+,14+,15+,16+/m0/s1. The molecule has 0 unspecified atom stereocenters. The molecule has 0 saturated carbocycles. The Balaban J connectivity index is 1.42. The Morgan fingerprint density at radius 1 is 1.23 bits per heavy atom. The van der Waals surface area contributed by atoms with Crippen molar-refractivity contribution in [1.82, 2.24) is 9.55 Å². The number of benzene rings is 1. The Labute approximate surface area is 175 Å². The molecule has 31 heavy (non-hydrogen) atoms. The lowest BCUT2D eigenvalue weighted by Gasteiger charge is -2.19. The lowest BCUT2D eigenvalue weighted by atomic mass is 10.1. The van der Waals surface area contributed by atoms with Crippen LogP contribution in [0.2, 0.25) is 0 Å². The average molecular weight is 432 g/mol. The van der Waals surface area contributed by atoms with E-state index in [-0.39, 0.29) is 12.4 Å². The largest absolute Gasteiger partial charge is 0.509 e. The van der Waals surface area contributed by atoms with Crippen molar-refractivity contribution < 1.29 is 33.7 Å². The van der Waals surface area contributed by atoms with Crippen LogP contribution in [0.4, 0.5) is 10.6 Å². The molecule has 0 bridgehead atoms. The van der Waals surface area contributed by atoms with Gasteiger partial charge >= 0.3 is 17.8 Å². The molecule has 2 saturated heterocycles. The summed E-state index contributed by atoms with van der Waals surface area (Å²) >= 11 is 0. The Hall–Kier alpha value is -3.48. The summed E-state index contributed by atoms with van der Waals surface area (Å²) in [6, 6.07) is 9.68. The van der Waals surface area contributed by atoms with Gasteiger partial charge in [-0.2, -0.15) is 4.98 Å². The predicted octanol–water partition coefficient (Wildman–Crippen LogP) is -0.0410. The monoisotopic (exact) mass is 432 g/mol. The Bertz CT molecular complexity index is 1010. The van der Waals surface area contributed by atoms with Gasteiger partial charge in [0.25, 0.3) is 0 Å². The number of hydrogen-bond acceptors (Lipinski definition) is 11. The molecule has 0 aliphatic carbocycles. The highest BCUT2D eigenvalue weighted by atomic mass is 16.8. The summed E-state index contributed by atoms with van der Waals surface area (Å²) in [5, 5.41) is 8.87. The number of aromatic nitrogens is 2. The molecule has 5 atom stereocenters. The van der Waals surface area contributed by atoms with E-state index in [1.165, 1.54) is 12.3 Å². The van der Waals surface area contributed by atoms with Crippen molar-refractivity contribution in [1.29, 1.82) is 0 Å². The highest BCUT2D eigenvalue weighted by Gasteiger charge is 2.55. The first-order valence-electron chi connectivity index (χ1n) is 9.44. The van der Waals surface area contributed by atoms with E-state index in [2.05, 4.69) is 4.98 Å². The van der Waals surface area contributed by atoms with Gasteiger partial charge in [0.05, 0.1) is 0 Å². The first kappa shape index (κ1) is 20.8. The van der Waals surface area contributed by atoms with Gasteiger partial charge in [0.2, 0.25) is 0 Å². The summed E-state index contributed by atoms with van der Waals surface area (Å²) in [5.74, 6) is -0.705. The Morgan fingerprint density at radius 2 is 1.97 bits per heavy atom. The molecular weight excluding hydrogens is 412 g/mol. The maximum absolute atomic E-state index is 12.3. The van der Waals surface area contributed by atoms with E-state index in [0.717, 1.165) is 10.1 Å². The minimum absolute atomic E-state index is 0.0617. The number of nitrogens with two attached hydrogens (primary N) is 1. The van der Waals surface area contributed by atoms with Gasteiger partial charge in [-0.3, -0.25) is 20.0 Å². The van der Waals surface area contributed by atoms with E-state index in [0.29, 0.717) is 6.42 Å². The molecule has 1 aromatic heterocycles. The maximum Gasteiger partial charge on any atom is 0.509 e. The third-order valence-corrected chi connectivity index (χ3v) is 4.96. The molecule has 4 N–H and O–H groups in total. The second kappa shape index (κ2) is 8.71. The maximum atomic E-state index is 12.3. The number of anilines is 1. The van der Waals surface area contributed by atoms with Gasteiger partial charge in [0, 0.05) is 6.20 Å². The van der Waals surface area contributed by atoms with Crippen molar-refractivity contribution in [3.63, 3.8) is 0 Å². The lowest BCUT2D eigenvalue weighted by molar-refractivity contribution is -0.152. The molecule has 3 heterocycles. The number of rotatable bonds is 7. The van der Waals surface area contributed by atoms with Crippen LogP contribution in [-0.2, 0) is 30.2 Å². The second-order valence-corrected chi connectivity index (χ2v) is 7.02. The minimum atomic E-state index is -1.05. The first-order chi connectivity index (χ1) is 15.0. The van der Waals surface area contributed by atoms with Crippen LogP contribution in [0.3, 0.4) is 0 Å². The highest BCUT2D eigenvalue weighted by Crippen LogP contribution is 2.37. The van der Waals surface area contributed by atoms with Crippen molar-refractivity contribution in [2.45, 2.75) is 37.0 Å². The van der Waals surface area contributed by atoms with Crippen molar-refractivity contribution in [3.8, 4) is 0 Å². The van der Waals surface area contributed by atoms with Gasteiger partial charge in [-0.15, -0.1) is 0 Å². The first-order valence-corrected chi connectivity index (χ1v) is 9.44. The Kier molecular flexibility index (Phi) is 5.84. The molecule has 164 valence electrons. The third kappa shape index (κ3) is 4.35. The number of ether oxygens (including phenoxy) is 4. The van der Waals surface area contributed by atoms with Crippen LogP contribution in [0.5, 0.6) is 0 Å². The average Bonchev–Trinajstić information content (AvgIpc) is 3.30. The molecule has 4 rings (SSSR count). The summed E-state index contributed by atoms with van der Waals surface area (Å²) in [4.78, 5) is 39.8. The van der Waals surface area contributed by atoms with Gasteiger partial charge in [-0.1, -0.05) is 30.3 Å². The van der Waals surface area contributed by atoms with Crippen molar-refractivity contribution in [3.05, 3.63) is 58.6 Å². The van der Waals surface area contributed by atoms with E-state index in [4.69, 9.17) is 29.9 Å². The molecule has 12 nitrogen and oxygen atoms in total. The molecule has 2 aliphatic rings. The van der Waals surface area contributed by atoms with Crippen LogP contribution in [0.1, 0.15) is 11.8 Å². The number of nitrogens with one attached hydrogen (secondary N) is 1. The van der Waals surface area contributed by atoms with Crippen LogP contribution in [0.25, 0.3) is 0 Å². The van der Waals surface area contributed by atoms with E-state index < -0.39 is 48.4 Å². The number of nitrogens with zero attached hydrogens (tertiary/aromatic N) is 2. The Morgan fingerprint density at radius 3 is 2.68 bits per heavy atom. The van der Waals surface area contributed by atoms with Crippen LogP contribution >= 0.6 is 0 Å². The van der Waals surface area contributed by atoms with Crippen LogP contribution in [0.15, 0.2) is 47.4 Å². The fraction of sp³-hybridized carbons (Fsp3) is 0.368. The predicted molar refractivity (Wildman–Crippen MR) is 102 cm³/mol. The van der Waals surface area contributed by atoms with Crippen molar-refractivity contribution >= 4 is 17.9 Å². The van der Waals surface area contributed by atoms with Crippen molar-refractivity contribution in [2.24, 2.45) is 5.73 Å². The number of carbonyl (C=O) groups is 2. The molecule has 2 aromatic rings. The number of carbonyl (C=O) groups excluding carboxylic acids is 2. The highest BCUT2D eigenvalue weighted by molar-refractivity contribution is 5.76. The fourth-order valence-corrected chi connectivity index (χ4v) is 3.48. The molecule has 2 aliphatic heterocycles. The van der Waals surface area contributed by atoms with E-state index in [1.54, 1.807) is 5.48 Å². The van der Waals surface area contributed by atoms with Gasteiger partial charge in [-0.25, -0.2) is 9.59 Å². The normalized spacial score (nSPS) is 25.3. The summed E-state index contributed by atoms with van der Waals surface area (Å²) < 4.78 is 22.4. The van der Waals surface area contributed by atoms with Crippen LogP contribution in [0, 0.1) is 0 Å². The second-order valence-electron chi connectivity index (χ2n) is 7.02. The summed E-state index contributed by atoms with van der Waals surface area (Å²) in [6.45, 7) is -0.256. The SMILES string of the molecule is N[C@@H](Cc1ccccc1)C(=O)OC[C@H]1O[C@@H](n2ccc(NO)nc2=O)[C@@H]2OC(=O)O[C@@H]21. The number of esters is 1. The van der Waals surface area contributed by atoms with Gasteiger partial charge in [0.15, 0.2) is 24.3 Å². The molecule has 0 radical (unpaired) electrons. The van der Waals surface area contributed by atoms with Gasteiger partial charge in [-0.05, 0) is 18.1 Å². The fourth-order valence-electron chi connectivity index (χ4n) is 3.48. The lowest BCUT2D eigenvalue weighted by Crippen LogP contribution is -2.38. The van der Waals surface area contributed by atoms with E-state index >= 15 is 0 Å². The molecular formula is C19H20N4O8. The third-order valence-electron chi connectivity index (χ3n) is 4.96. The zero-order valence-electron chi connectivity index (χ0n) is 16.1. The molecule has 12 heteroatoms. The molecule has 0 amide bonds. The summed E-state index contributed by atoms with van der Waals surface area (Å²) in [7, 11) is 0. The summed E-state index contributed by atoms with van der Waals surface area (Å²) in [6.07, 6.45) is -3.08. The molecule has 0 spiro atoms. The van der Waals surface area contributed by atoms with E-state index in [9.17, 15) is 14.4 Å². The van der Waals surface area contributed by atoms with Crippen molar-refractivity contribution in [2.75, 3.05) is 12.1 Å². The quantitative estimate of drug-likeness (QED) is 0.397. The number of fused-ring (bicyclic) bond motifs is 1.